The molecule has 0 unspecified atom stereocenters. The molecule has 0 fully saturated rings. The van der Waals surface area contributed by atoms with E-state index in [0.29, 0.717) is 0 Å². The van der Waals surface area contributed by atoms with Gasteiger partial charge in [0.15, 0.2) is 0 Å². The Labute approximate surface area is 118 Å². The highest BCUT2D eigenvalue weighted by Gasteiger charge is 2.43. The minimum atomic E-state index is -2.65. The maximum atomic E-state index is 11.9. The van der Waals surface area contributed by atoms with Crippen molar-refractivity contribution in [3.63, 3.8) is 0 Å². The summed E-state index contributed by atoms with van der Waals surface area (Å²) in [5.41, 5.74) is -0.409. The normalized spacial score (nSPS) is 10.6. The fourth-order valence-electron chi connectivity index (χ4n) is 1.45. The Morgan fingerprint density at radius 3 is 2.29 bits per heavy atom. The number of esters is 1. The van der Waals surface area contributed by atoms with Crippen molar-refractivity contribution < 1.29 is 24.2 Å². The molecule has 9 heteroatoms. The second-order valence-electron chi connectivity index (χ2n) is 3.73. The van der Waals surface area contributed by atoms with E-state index in [9.17, 15) is 29.8 Å². The van der Waals surface area contributed by atoms with Gasteiger partial charge in [-0.2, -0.15) is 0 Å². The van der Waals surface area contributed by atoms with Gasteiger partial charge in [0.2, 0.25) is 0 Å². The number of rotatable bonds is 6. The Hall–Kier alpha value is -3.10. The van der Waals surface area contributed by atoms with E-state index in [1.54, 1.807) is 6.92 Å². The third kappa shape index (κ3) is 3.93. The molecule has 0 aliphatic heterocycles. The smallest absolute Gasteiger partial charge is 0.423 e. The van der Waals surface area contributed by atoms with Crippen molar-refractivity contribution >= 4 is 11.8 Å². The van der Waals surface area contributed by atoms with E-state index in [1.807, 2.05) is 0 Å². The molecule has 0 radical (unpaired) electrons. The molecule has 0 heterocycles. The molecular weight excluding hydrogens is 284 g/mol. The first-order valence-electron chi connectivity index (χ1n) is 5.63. The summed E-state index contributed by atoms with van der Waals surface area (Å²) in [5.74, 6) is -2.45. The molecule has 21 heavy (non-hydrogen) atoms. The summed E-state index contributed by atoms with van der Waals surface area (Å²) in [5, 5.41) is 21.2. The summed E-state index contributed by atoms with van der Waals surface area (Å²) >= 11 is 0. The SMILES string of the molecule is CC=CC(=O)Oc1ccccc1C(=O)C([N+](=O)[O-])[N+](=O)[O-]. The zero-order valence-electron chi connectivity index (χ0n) is 10.8. The van der Waals surface area contributed by atoms with Crippen LogP contribution < -0.4 is 4.74 Å². The third-order valence-electron chi connectivity index (χ3n) is 2.30. The lowest BCUT2D eigenvalue weighted by Crippen LogP contribution is -2.37. The number of hydrogen-bond donors (Lipinski definition) is 0. The Bertz CT molecular complexity index is 610. The van der Waals surface area contributed by atoms with E-state index >= 15 is 0 Å². The van der Waals surface area contributed by atoms with E-state index in [1.165, 1.54) is 24.3 Å². The molecule has 0 aromatic heterocycles. The number of carbonyl (C=O) groups excluding carboxylic acids is 2. The number of para-hydroxylation sites is 1. The molecule has 0 bridgehead atoms. The first-order valence-corrected chi connectivity index (χ1v) is 5.63. The molecule has 0 aliphatic carbocycles. The molecule has 1 aromatic carbocycles. The van der Waals surface area contributed by atoms with Crippen LogP contribution in [-0.2, 0) is 4.79 Å². The predicted octanol–water partition coefficient (Wildman–Crippen LogP) is 1.23. The summed E-state index contributed by atoms with van der Waals surface area (Å²) < 4.78 is 4.82. The van der Waals surface area contributed by atoms with Crippen molar-refractivity contribution in [2.75, 3.05) is 0 Å². The van der Waals surface area contributed by atoms with Gasteiger partial charge in [-0.15, -0.1) is 0 Å². The molecule has 0 amide bonds. The van der Waals surface area contributed by atoms with Gasteiger partial charge in [-0.1, -0.05) is 18.2 Å². The summed E-state index contributed by atoms with van der Waals surface area (Å²) in [6.45, 7) is 1.56. The van der Waals surface area contributed by atoms with Crippen molar-refractivity contribution in [1.82, 2.24) is 0 Å². The highest BCUT2D eigenvalue weighted by atomic mass is 16.7. The summed E-state index contributed by atoms with van der Waals surface area (Å²) in [6, 6.07) is 5.09. The zero-order chi connectivity index (χ0) is 16.0. The molecule has 1 aromatic rings. The number of nitrogens with zero attached hydrogens (tertiary/aromatic N) is 2. The van der Waals surface area contributed by atoms with Crippen LogP contribution in [0.2, 0.25) is 0 Å². The van der Waals surface area contributed by atoms with Gasteiger partial charge >= 0.3 is 17.9 Å². The van der Waals surface area contributed by atoms with E-state index in [0.717, 1.165) is 12.1 Å². The molecule has 0 spiro atoms. The standard InChI is InChI=1S/C12H10N2O7/c1-2-5-10(15)21-9-7-4-3-6-8(9)11(16)12(13(17)18)14(19)20/h2-7,12H,1H3. The number of benzene rings is 1. The fraction of sp³-hybridized carbons (Fsp3) is 0.167. The molecule has 1 rings (SSSR count). The highest BCUT2D eigenvalue weighted by Crippen LogP contribution is 2.21. The lowest BCUT2D eigenvalue weighted by molar-refractivity contribution is -0.721. The number of ether oxygens (including phenoxy) is 1. The summed E-state index contributed by atoms with van der Waals surface area (Å²) in [7, 11) is 0. The van der Waals surface area contributed by atoms with Crippen molar-refractivity contribution in [3.8, 4) is 5.75 Å². The van der Waals surface area contributed by atoms with Gasteiger partial charge < -0.3 is 4.74 Å². The molecule has 0 atom stereocenters. The van der Waals surface area contributed by atoms with Crippen LogP contribution in [0.1, 0.15) is 17.3 Å². The molecule has 0 aliphatic rings. The van der Waals surface area contributed by atoms with Crippen LogP contribution in [0.4, 0.5) is 0 Å². The van der Waals surface area contributed by atoms with Crippen molar-refractivity contribution in [2.24, 2.45) is 0 Å². The number of allylic oxidation sites excluding steroid dienone is 1. The molecule has 9 nitrogen and oxygen atoms in total. The van der Waals surface area contributed by atoms with Crippen LogP contribution in [0.5, 0.6) is 5.75 Å². The maximum absolute atomic E-state index is 11.9. The molecule has 0 saturated carbocycles. The first kappa shape index (κ1) is 16.0. The van der Waals surface area contributed by atoms with E-state index < -0.39 is 33.3 Å². The molecule has 0 saturated heterocycles. The lowest BCUT2D eigenvalue weighted by atomic mass is 10.1. The highest BCUT2D eigenvalue weighted by molar-refractivity contribution is 6.01. The van der Waals surface area contributed by atoms with Crippen LogP contribution in [-0.4, -0.2) is 27.8 Å². The zero-order valence-corrected chi connectivity index (χ0v) is 10.8. The monoisotopic (exact) mass is 294 g/mol. The Morgan fingerprint density at radius 2 is 1.76 bits per heavy atom. The number of carbonyl (C=O) groups is 2. The van der Waals surface area contributed by atoms with E-state index in [-0.39, 0.29) is 5.75 Å². The van der Waals surface area contributed by atoms with Gasteiger partial charge in [-0.3, -0.25) is 25.0 Å². The van der Waals surface area contributed by atoms with Gasteiger partial charge in [0.05, 0.1) is 5.56 Å². The van der Waals surface area contributed by atoms with Gasteiger partial charge in [0.1, 0.15) is 15.6 Å². The largest absolute Gasteiger partial charge is 0.512 e. The van der Waals surface area contributed by atoms with Gasteiger partial charge in [0, 0.05) is 6.08 Å². The van der Waals surface area contributed by atoms with Crippen LogP contribution in [0, 0.1) is 20.2 Å². The second-order valence-corrected chi connectivity index (χ2v) is 3.73. The number of Topliss-reactive ketones (excluding diaryl/α,β-unsaturated/α-hetero) is 1. The van der Waals surface area contributed by atoms with Crippen LogP contribution in [0.15, 0.2) is 36.4 Å². The average Bonchev–Trinajstić information content (AvgIpc) is 2.38. The number of nitro groups is 2. The molecule has 0 N–H and O–H groups in total. The quantitative estimate of drug-likeness (QED) is 0.147. The minimum Gasteiger partial charge on any atom is -0.423 e. The summed E-state index contributed by atoms with van der Waals surface area (Å²) in [6.07, 6.45) is -0.185. The molecular formula is C12H10N2O7. The van der Waals surface area contributed by atoms with Crippen molar-refractivity contribution in [3.05, 3.63) is 62.2 Å². The van der Waals surface area contributed by atoms with Crippen LogP contribution in [0.25, 0.3) is 0 Å². The Balaban J connectivity index is 3.18. The predicted molar refractivity (Wildman–Crippen MR) is 69.0 cm³/mol. The second kappa shape index (κ2) is 6.89. The topological polar surface area (TPSA) is 130 Å². The van der Waals surface area contributed by atoms with Crippen LogP contribution >= 0.6 is 0 Å². The average molecular weight is 294 g/mol. The molecule has 110 valence electrons. The van der Waals surface area contributed by atoms with Gasteiger partial charge in [-0.25, -0.2) is 4.79 Å². The maximum Gasteiger partial charge on any atom is 0.512 e. The third-order valence-corrected chi connectivity index (χ3v) is 2.30. The van der Waals surface area contributed by atoms with E-state index in [4.69, 9.17) is 4.74 Å². The summed E-state index contributed by atoms with van der Waals surface area (Å²) in [4.78, 5) is 41.8. The Kier molecular flexibility index (Phi) is 5.24. The number of hydrogen-bond acceptors (Lipinski definition) is 7. The first-order chi connectivity index (χ1) is 9.88. The van der Waals surface area contributed by atoms with Gasteiger partial charge in [0.25, 0.3) is 0 Å². The number of ketones is 1. The minimum absolute atomic E-state index is 0.278. The van der Waals surface area contributed by atoms with Gasteiger partial charge in [-0.05, 0) is 19.1 Å². The van der Waals surface area contributed by atoms with Crippen molar-refractivity contribution in [2.45, 2.75) is 13.1 Å². The fourth-order valence-corrected chi connectivity index (χ4v) is 1.45. The lowest BCUT2D eigenvalue weighted by Gasteiger charge is -2.07. The van der Waals surface area contributed by atoms with Crippen LogP contribution in [0.3, 0.4) is 0 Å². The van der Waals surface area contributed by atoms with E-state index in [2.05, 4.69) is 0 Å². The Morgan fingerprint density at radius 1 is 1.19 bits per heavy atom. The van der Waals surface area contributed by atoms with Crippen molar-refractivity contribution in [1.29, 1.82) is 0 Å².